The number of amides is 1. The second-order valence-corrected chi connectivity index (χ2v) is 7.96. The first-order chi connectivity index (χ1) is 13.8. The number of hydrogen-bond acceptors (Lipinski definition) is 6. The first-order valence-electron chi connectivity index (χ1n) is 8.81. The van der Waals surface area contributed by atoms with Crippen LogP contribution in [0.2, 0.25) is 0 Å². The molecule has 150 valence electrons. The fraction of sp³-hybridized carbons (Fsp3) is 0.227. The fourth-order valence-corrected chi connectivity index (χ4v) is 2.81. The van der Waals surface area contributed by atoms with E-state index >= 15 is 0 Å². The Kier molecular flexibility index (Phi) is 7.34. The Labute approximate surface area is 174 Å². The summed E-state index contributed by atoms with van der Waals surface area (Å²) in [5.74, 6) is 1.84. The molecule has 1 aromatic heterocycles. The second kappa shape index (κ2) is 9.71. The summed E-state index contributed by atoms with van der Waals surface area (Å²) >= 11 is 1.31. The molecule has 0 atom stereocenters. The highest BCUT2D eigenvalue weighted by Gasteiger charge is 2.21. The van der Waals surface area contributed by atoms with Crippen LogP contribution in [0, 0.1) is 18.3 Å². The fourth-order valence-electron chi connectivity index (χ4n) is 2.37. The number of rotatable bonds is 1. The van der Waals surface area contributed by atoms with Gasteiger partial charge in [0.05, 0.1) is 0 Å². The molecule has 0 saturated heterocycles. The Balaban J connectivity index is 0.000000196. The molecule has 2 heterocycles. The van der Waals surface area contributed by atoms with Gasteiger partial charge in [-0.3, -0.25) is 4.79 Å². The minimum atomic E-state index is -0.383. The van der Waals surface area contributed by atoms with Gasteiger partial charge >= 0.3 is 0 Å². The number of phenols is 1. The Morgan fingerprint density at radius 3 is 2.48 bits per heavy atom. The maximum Gasteiger partial charge on any atom is 0.231 e. The van der Waals surface area contributed by atoms with Gasteiger partial charge in [0.25, 0.3) is 0 Å². The number of aromatic nitrogens is 2. The van der Waals surface area contributed by atoms with Crippen molar-refractivity contribution in [2.75, 3.05) is 5.32 Å². The van der Waals surface area contributed by atoms with Crippen molar-refractivity contribution in [2.24, 2.45) is 5.41 Å². The van der Waals surface area contributed by atoms with Crippen LogP contribution in [0.1, 0.15) is 31.9 Å². The van der Waals surface area contributed by atoms with E-state index in [1.165, 1.54) is 16.9 Å². The quantitative estimate of drug-likeness (QED) is 0.439. The van der Waals surface area contributed by atoms with Crippen molar-refractivity contribution >= 4 is 22.4 Å². The first kappa shape index (κ1) is 21.9. The highest BCUT2D eigenvalue weighted by Crippen LogP contribution is 2.37. The Morgan fingerprint density at radius 2 is 1.83 bits per heavy atom. The number of terminal acetylenes is 1. The summed E-state index contributed by atoms with van der Waals surface area (Å²) in [5, 5.41) is 19.9. The average molecular weight is 410 g/mol. The molecule has 0 fully saturated rings. The summed E-state index contributed by atoms with van der Waals surface area (Å²) in [4.78, 5) is 11.4. The summed E-state index contributed by atoms with van der Waals surface area (Å²) in [5.41, 5.74) is 3.51. The summed E-state index contributed by atoms with van der Waals surface area (Å²) < 4.78 is 5.70. The van der Waals surface area contributed by atoms with E-state index in [4.69, 9.17) is 4.74 Å². The number of phenolic OH excluding ortho intramolecular Hbond substituents is 1. The third-order valence-electron chi connectivity index (χ3n) is 3.89. The second-order valence-electron chi connectivity index (χ2n) is 7.13. The monoisotopic (exact) mass is 409 g/mol. The summed E-state index contributed by atoms with van der Waals surface area (Å²) in [7, 11) is 0. The van der Waals surface area contributed by atoms with Crippen LogP contribution in [0.5, 0.6) is 17.2 Å². The van der Waals surface area contributed by atoms with Crippen LogP contribution in [-0.2, 0) is 11.2 Å². The molecule has 1 amide bonds. The van der Waals surface area contributed by atoms with Crippen molar-refractivity contribution in [2.45, 2.75) is 27.2 Å². The zero-order valence-corrected chi connectivity index (χ0v) is 17.4. The van der Waals surface area contributed by atoms with E-state index in [0.717, 1.165) is 23.5 Å². The van der Waals surface area contributed by atoms with Gasteiger partial charge in [-0.15, -0.1) is 23.0 Å². The molecule has 2 N–H and O–H groups in total. The lowest BCUT2D eigenvalue weighted by atomic mass is 9.96. The molecule has 0 saturated carbocycles. The summed E-state index contributed by atoms with van der Waals surface area (Å²) in [6.07, 6.45) is 8.87. The molecular formula is C22H23N3O3S. The molecule has 3 aromatic rings. The van der Waals surface area contributed by atoms with E-state index in [1.807, 2.05) is 45.0 Å². The number of nitrogens with zero attached hydrogens (tertiary/aromatic N) is 2. The van der Waals surface area contributed by atoms with Crippen LogP contribution in [0.4, 0.5) is 5.13 Å². The van der Waals surface area contributed by atoms with Crippen molar-refractivity contribution in [3.63, 3.8) is 0 Å². The van der Waals surface area contributed by atoms with Gasteiger partial charge in [-0.05, 0) is 23.3 Å². The third-order valence-corrected chi connectivity index (χ3v) is 4.49. The zero-order valence-electron chi connectivity index (χ0n) is 16.5. The molecule has 1 aliphatic rings. The maximum absolute atomic E-state index is 11.4. The van der Waals surface area contributed by atoms with E-state index in [2.05, 4.69) is 34.4 Å². The molecule has 7 heteroatoms. The zero-order chi connectivity index (χ0) is 21.4. The van der Waals surface area contributed by atoms with Gasteiger partial charge in [0.2, 0.25) is 11.0 Å². The molecule has 6 nitrogen and oxygen atoms in total. The number of hydrogen-bond donors (Lipinski definition) is 2. The number of carbonyl (C=O) groups excluding carboxylic acids is 1. The number of para-hydroxylation sites is 1. The summed E-state index contributed by atoms with van der Waals surface area (Å²) in [6.45, 7) is 5.55. The number of fused-ring (bicyclic) bond motifs is 2. The molecule has 0 unspecified atom stereocenters. The smallest absolute Gasteiger partial charge is 0.231 e. The molecule has 0 spiro atoms. The van der Waals surface area contributed by atoms with E-state index < -0.39 is 0 Å². The van der Waals surface area contributed by atoms with Gasteiger partial charge in [0, 0.05) is 17.9 Å². The van der Waals surface area contributed by atoms with Crippen molar-refractivity contribution in [1.29, 1.82) is 0 Å². The van der Waals surface area contributed by atoms with Gasteiger partial charge in [0.15, 0.2) is 0 Å². The minimum absolute atomic E-state index is 0.0424. The molecular weight excluding hydrogens is 386 g/mol. The Hall–Kier alpha value is -3.37. The topological polar surface area (TPSA) is 84.3 Å². The van der Waals surface area contributed by atoms with Gasteiger partial charge in [-0.25, -0.2) is 0 Å². The van der Waals surface area contributed by atoms with Crippen molar-refractivity contribution in [3.05, 3.63) is 59.1 Å². The summed E-state index contributed by atoms with van der Waals surface area (Å²) in [6, 6.07) is 13.2. The van der Waals surface area contributed by atoms with Crippen LogP contribution in [0.25, 0.3) is 0 Å². The third kappa shape index (κ3) is 6.06. The van der Waals surface area contributed by atoms with Gasteiger partial charge in [-0.1, -0.05) is 56.4 Å². The predicted octanol–water partition coefficient (Wildman–Crippen LogP) is 4.86. The van der Waals surface area contributed by atoms with Crippen LogP contribution >= 0.6 is 11.3 Å². The molecule has 0 bridgehead atoms. The number of aromatic hydroxyl groups is 1. The van der Waals surface area contributed by atoms with Crippen LogP contribution in [0.3, 0.4) is 0 Å². The Morgan fingerprint density at radius 1 is 1.14 bits per heavy atom. The number of nitrogens with one attached hydrogen (secondary N) is 1. The number of anilines is 1. The van der Waals surface area contributed by atoms with Gasteiger partial charge < -0.3 is 15.2 Å². The molecule has 0 radical (unpaired) electrons. The number of carbonyl (C=O) groups is 1. The molecule has 4 rings (SSSR count). The van der Waals surface area contributed by atoms with E-state index in [0.29, 0.717) is 5.13 Å². The van der Waals surface area contributed by atoms with Crippen LogP contribution in [-0.4, -0.2) is 21.2 Å². The predicted molar refractivity (Wildman–Crippen MR) is 115 cm³/mol. The largest absolute Gasteiger partial charge is 0.508 e. The minimum Gasteiger partial charge on any atom is -0.508 e. The lowest BCUT2D eigenvalue weighted by molar-refractivity contribution is -0.123. The lowest BCUT2D eigenvalue weighted by Crippen LogP contribution is -2.27. The average Bonchev–Trinajstić information content (AvgIpc) is 3.21. The van der Waals surface area contributed by atoms with Gasteiger partial charge in [-0.2, -0.15) is 0 Å². The normalized spacial score (nSPS) is 11.2. The standard InChI is InChI=1S/C13H10O2.C7H11N3OS.C2H2/c14-11-6-5-10-7-9-3-1-2-4-12(9)15-13(10)8-11;1-7(2,3)5(11)9-6-10-8-4-12-6;1-2/h1-6,8,14H,7H2;4H,1-3H3,(H,9,10,11);1-2H. The van der Waals surface area contributed by atoms with Crippen molar-refractivity contribution in [3.8, 4) is 30.1 Å². The van der Waals surface area contributed by atoms with Crippen molar-refractivity contribution < 1.29 is 14.6 Å². The lowest BCUT2D eigenvalue weighted by Gasteiger charge is -2.19. The molecule has 29 heavy (non-hydrogen) atoms. The van der Waals surface area contributed by atoms with E-state index in [1.54, 1.807) is 17.6 Å². The highest BCUT2D eigenvalue weighted by atomic mass is 32.1. The highest BCUT2D eigenvalue weighted by molar-refractivity contribution is 7.13. The molecule has 1 aliphatic heterocycles. The van der Waals surface area contributed by atoms with E-state index in [-0.39, 0.29) is 17.1 Å². The number of ether oxygens (including phenoxy) is 1. The van der Waals surface area contributed by atoms with E-state index in [9.17, 15) is 9.90 Å². The SMILES string of the molecule is C#C.CC(C)(C)C(=O)Nc1nncs1.Oc1ccc2c(c1)Oc1ccccc1C2. The van der Waals surface area contributed by atoms with Crippen LogP contribution < -0.4 is 10.1 Å². The van der Waals surface area contributed by atoms with Crippen LogP contribution in [0.15, 0.2) is 48.0 Å². The molecule has 2 aromatic carbocycles. The first-order valence-corrected chi connectivity index (χ1v) is 9.69. The number of benzene rings is 2. The van der Waals surface area contributed by atoms with Gasteiger partial charge in [0.1, 0.15) is 22.8 Å². The van der Waals surface area contributed by atoms with Crippen molar-refractivity contribution in [1.82, 2.24) is 10.2 Å². The maximum atomic E-state index is 11.4. The Bertz CT molecular complexity index is 976. The molecule has 0 aliphatic carbocycles.